The minimum atomic E-state index is -0.312. The van der Waals surface area contributed by atoms with Crippen LogP contribution in [0.1, 0.15) is 71.6 Å². The highest BCUT2D eigenvalue weighted by Gasteiger charge is 2.43. The van der Waals surface area contributed by atoms with Gasteiger partial charge in [-0.1, -0.05) is 33.1 Å². The molecule has 2 N–H and O–H groups in total. The molecule has 0 aromatic heterocycles. The second-order valence-electron chi connectivity index (χ2n) is 7.08. The van der Waals surface area contributed by atoms with E-state index in [1.807, 2.05) is 0 Å². The molecule has 1 spiro atoms. The number of nitrogens with two attached hydrogens (primary N) is 1. The smallest absolute Gasteiger partial charge is 0.230 e. The summed E-state index contributed by atoms with van der Waals surface area (Å²) in [5.74, 6) is 0.328. The van der Waals surface area contributed by atoms with E-state index in [0.29, 0.717) is 17.9 Å². The molecule has 0 unspecified atom stereocenters. The molecular weight excluding hydrogens is 248 g/mol. The van der Waals surface area contributed by atoms with Gasteiger partial charge < -0.3 is 10.6 Å². The molecule has 1 aliphatic heterocycles. The van der Waals surface area contributed by atoms with Crippen molar-refractivity contribution < 1.29 is 4.79 Å². The van der Waals surface area contributed by atoms with Crippen molar-refractivity contribution in [3.8, 4) is 0 Å². The summed E-state index contributed by atoms with van der Waals surface area (Å²) < 4.78 is 0. The molecular formula is C17H32N2O. The van der Waals surface area contributed by atoms with Crippen LogP contribution in [0.5, 0.6) is 0 Å². The number of hydrogen-bond acceptors (Lipinski definition) is 2. The van der Waals surface area contributed by atoms with Gasteiger partial charge in [-0.2, -0.15) is 0 Å². The lowest BCUT2D eigenvalue weighted by atomic mass is 9.68. The number of carbonyl (C=O) groups is 1. The van der Waals surface area contributed by atoms with E-state index in [2.05, 4.69) is 18.7 Å². The SMILES string of the molecule is CCC(CC)(CN)C(=O)N1CCCC2(CCCCC2)C1. The first-order chi connectivity index (χ1) is 9.61. The van der Waals surface area contributed by atoms with E-state index < -0.39 is 0 Å². The Morgan fingerprint density at radius 2 is 1.70 bits per heavy atom. The fourth-order valence-corrected chi connectivity index (χ4v) is 4.35. The van der Waals surface area contributed by atoms with Crippen LogP contribution in [0.4, 0.5) is 0 Å². The molecule has 1 aliphatic carbocycles. The zero-order chi connectivity index (χ0) is 14.6. The van der Waals surface area contributed by atoms with Crippen LogP contribution in [0.15, 0.2) is 0 Å². The van der Waals surface area contributed by atoms with Crippen LogP contribution >= 0.6 is 0 Å². The molecule has 0 atom stereocenters. The maximum atomic E-state index is 13.0. The summed E-state index contributed by atoms with van der Waals surface area (Å²) in [4.78, 5) is 15.1. The number of amides is 1. The summed E-state index contributed by atoms with van der Waals surface area (Å²) >= 11 is 0. The third-order valence-electron chi connectivity index (χ3n) is 6.06. The maximum absolute atomic E-state index is 13.0. The van der Waals surface area contributed by atoms with Crippen LogP contribution in [-0.2, 0) is 4.79 Å². The van der Waals surface area contributed by atoms with E-state index in [1.165, 1.54) is 44.9 Å². The second kappa shape index (κ2) is 6.46. The summed E-state index contributed by atoms with van der Waals surface area (Å²) in [6.45, 7) is 6.64. The second-order valence-corrected chi connectivity index (χ2v) is 7.08. The largest absolute Gasteiger partial charge is 0.342 e. The zero-order valence-corrected chi connectivity index (χ0v) is 13.4. The van der Waals surface area contributed by atoms with Crippen molar-refractivity contribution in [2.45, 2.75) is 71.6 Å². The predicted octanol–water partition coefficient (Wildman–Crippen LogP) is 3.32. The quantitative estimate of drug-likeness (QED) is 0.858. The van der Waals surface area contributed by atoms with Crippen LogP contribution in [0.25, 0.3) is 0 Å². The highest BCUT2D eigenvalue weighted by molar-refractivity contribution is 5.83. The van der Waals surface area contributed by atoms with Crippen molar-refractivity contribution in [1.82, 2.24) is 4.90 Å². The molecule has 3 nitrogen and oxygen atoms in total. The van der Waals surface area contributed by atoms with E-state index in [0.717, 1.165) is 25.9 Å². The molecule has 0 radical (unpaired) electrons. The molecule has 1 heterocycles. The Morgan fingerprint density at radius 1 is 1.10 bits per heavy atom. The van der Waals surface area contributed by atoms with Gasteiger partial charge in [0.05, 0.1) is 5.41 Å². The molecule has 2 rings (SSSR count). The van der Waals surface area contributed by atoms with Crippen molar-refractivity contribution in [3.05, 3.63) is 0 Å². The van der Waals surface area contributed by atoms with Crippen molar-refractivity contribution >= 4 is 5.91 Å². The van der Waals surface area contributed by atoms with Crippen LogP contribution in [-0.4, -0.2) is 30.4 Å². The highest BCUT2D eigenvalue weighted by Crippen LogP contribution is 2.44. The lowest BCUT2D eigenvalue weighted by molar-refractivity contribution is -0.146. The standard InChI is InChI=1S/C17H32N2O/c1-3-17(4-2,13-18)15(20)19-12-8-11-16(14-19)9-6-5-7-10-16/h3-14,18H2,1-2H3. The fourth-order valence-electron chi connectivity index (χ4n) is 4.35. The van der Waals surface area contributed by atoms with Crippen molar-refractivity contribution in [2.24, 2.45) is 16.6 Å². The molecule has 0 bridgehead atoms. The molecule has 116 valence electrons. The Labute approximate surface area is 124 Å². The van der Waals surface area contributed by atoms with Gasteiger partial charge >= 0.3 is 0 Å². The van der Waals surface area contributed by atoms with E-state index in [4.69, 9.17) is 5.73 Å². The Kier molecular flexibility index (Phi) is 5.11. The van der Waals surface area contributed by atoms with Crippen LogP contribution < -0.4 is 5.73 Å². The average Bonchev–Trinajstić information content (AvgIpc) is 2.50. The summed E-state index contributed by atoms with van der Waals surface area (Å²) in [5.41, 5.74) is 6.09. The van der Waals surface area contributed by atoms with Crippen molar-refractivity contribution in [1.29, 1.82) is 0 Å². The highest BCUT2D eigenvalue weighted by atomic mass is 16.2. The molecule has 1 saturated carbocycles. The normalized spacial score (nSPS) is 23.1. The van der Waals surface area contributed by atoms with Crippen molar-refractivity contribution in [2.75, 3.05) is 19.6 Å². The number of hydrogen-bond donors (Lipinski definition) is 1. The number of likely N-dealkylation sites (tertiary alicyclic amines) is 1. The maximum Gasteiger partial charge on any atom is 0.230 e. The molecule has 1 saturated heterocycles. The Hall–Kier alpha value is -0.570. The van der Waals surface area contributed by atoms with Crippen LogP contribution in [0, 0.1) is 10.8 Å². The monoisotopic (exact) mass is 280 g/mol. The van der Waals surface area contributed by atoms with Gasteiger partial charge in [0.1, 0.15) is 0 Å². The first-order valence-corrected chi connectivity index (χ1v) is 8.61. The topological polar surface area (TPSA) is 46.3 Å². The Balaban J connectivity index is 2.09. The summed E-state index contributed by atoms with van der Waals surface area (Å²) in [6.07, 6.45) is 11.0. The van der Waals surface area contributed by atoms with Gasteiger partial charge in [-0.05, 0) is 43.9 Å². The Bertz CT molecular complexity index is 316. The third-order valence-corrected chi connectivity index (χ3v) is 6.06. The number of rotatable bonds is 4. The minimum Gasteiger partial charge on any atom is -0.342 e. The van der Waals surface area contributed by atoms with Crippen molar-refractivity contribution in [3.63, 3.8) is 0 Å². The van der Waals surface area contributed by atoms with Gasteiger partial charge in [0.15, 0.2) is 0 Å². The van der Waals surface area contributed by atoms with Crippen LogP contribution in [0.2, 0.25) is 0 Å². The molecule has 3 heteroatoms. The molecule has 2 fully saturated rings. The van der Waals surface area contributed by atoms with Gasteiger partial charge in [0, 0.05) is 19.6 Å². The van der Waals surface area contributed by atoms with Gasteiger partial charge in [-0.3, -0.25) is 4.79 Å². The van der Waals surface area contributed by atoms with Gasteiger partial charge in [0.25, 0.3) is 0 Å². The van der Waals surface area contributed by atoms with E-state index in [9.17, 15) is 4.79 Å². The van der Waals surface area contributed by atoms with Crippen LogP contribution in [0.3, 0.4) is 0 Å². The molecule has 2 aliphatic rings. The Morgan fingerprint density at radius 3 is 2.25 bits per heavy atom. The lowest BCUT2D eigenvalue weighted by Crippen LogP contribution is -2.53. The predicted molar refractivity (Wildman–Crippen MR) is 83.4 cm³/mol. The zero-order valence-electron chi connectivity index (χ0n) is 13.4. The van der Waals surface area contributed by atoms with Gasteiger partial charge in [0.2, 0.25) is 5.91 Å². The molecule has 0 aromatic rings. The van der Waals surface area contributed by atoms with Gasteiger partial charge in [-0.25, -0.2) is 0 Å². The molecule has 20 heavy (non-hydrogen) atoms. The summed E-state index contributed by atoms with van der Waals surface area (Å²) in [7, 11) is 0. The number of piperidine rings is 1. The number of carbonyl (C=O) groups excluding carboxylic acids is 1. The third kappa shape index (κ3) is 2.88. The summed E-state index contributed by atoms with van der Waals surface area (Å²) in [6, 6.07) is 0. The average molecular weight is 280 g/mol. The lowest BCUT2D eigenvalue weighted by Gasteiger charge is -2.47. The first-order valence-electron chi connectivity index (χ1n) is 8.61. The van der Waals surface area contributed by atoms with E-state index >= 15 is 0 Å². The minimum absolute atomic E-state index is 0.312. The summed E-state index contributed by atoms with van der Waals surface area (Å²) in [5, 5.41) is 0. The molecule has 0 aromatic carbocycles. The number of nitrogens with zero attached hydrogens (tertiary/aromatic N) is 1. The van der Waals surface area contributed by atoms with E-state index in [1.54, 1.807) is 0 Å². The van der Waals surface area contributed by atoms with E-state index in [-0.39, 0.29) is 5.41 Å². The fraction of sp³-hybridized carbons (Fsp3) is 0.941. The first kappa shape index (κ1) is 15.8. The molecule has 1 amide bonds. The van der Waals surface area contributed by atoms with Gasteiger partial charge in [-0.15, -0.1) is 0 Å².